The molecule has 2 heterocycles. The fourth-order valence-electron chi connectivity index (χ4n) is 2.74. The number of rotatable bonds is 2. The van der Waals surface area contributed by atoms with Gasteiger partial charge in [0.1, 0.15) is 17.0 Å². The van der Waals surface area contributed by atoms with Crippen molar-refractivity contribution in [1.82, 2.24) is 9.97 Å². The van der Waals surface area contributed by atoms with E-state index in [0.29, 0.717) is 18.0 Å². The lowest BCUT2D eigenvalue weighted by Gasteiger charge is -2.22. The lowest BCUT2D eigenvalue weighted by atomic mass is 10.0. The molecule has 2 aromatic rings. The van der Waals surface area contributed by atoms with Crippen molar-refractivity contribution in [2.75, 3.05) is 6.61 Å². The van der Waals surface area contributed by atoms with Crippen LogP contribution >= 0.6 is 0 Å². The van der Waals surface area contributed by atoms with Crippen molar-refractivity contribution in [3.63, 3.8) is 0 Å². The van der Waals surface area contributed by atoms with Crippen LogP contribution in [0.15, 0.2) is 29.1 Å². The minimum atomic E-state index is -0.623. The van der Waals surface area contributed by atoms with Crippen LogP contribution in [-0.2, 0) is 10.3 Å². The maximum absolute atomic E-state index is 12.4. The Morgan fingerprint density at radius 2 is 2.24 bits per heavy atom. The molecule has 0 saturated carbocycles. The molecule has 1 saturated heterocycles. The van der Waals surface area contributed by atoms with Gasteiger partial charge in [-0.25, -0.2) is 0 Å². The van der Waals surface area contributed by atoms with Crippen molar-refractivity contribution in [2.24, 2.45) is 0 Å². The molecule has 5 nitrogen and oxygen atoms in total. The summed E-state index contributed by atoms with van der Waals surface area (Å²) in [4.78, 5) is 19.3. The summed E-state index contributed by atoms with van der Waals surface area (Å²) in [6, 6.07) is 7.41. The predicted molar refractivity (Wildman–Crippen MR) is 79.2 cm³/mol. The van der Waals surface area contributed by atoms with E-state index in [2.05, 4.69) is 9.97 Å². The van der Waals surface area contributed by atoms with Crippen molar-refractivity contribution in [2.45, 2.75) is 32.3 Å². The second-order valence-corrected chi connectivity index (χ2v) is 5.67. The van der Waals surface area contributed by atoms with E-state index in [9.17, 15) is 9.90 Å². The highest BCUT2D eigenvalue weighted by molar-refractivity contribution is 5.67. The Morgan fingerprint density at radius 1 is 1.43 bits per heavy atom. The number of H-pyrrole nitrogens is 1. The van der Waals surface area contributed by atoms with Crippen LogP contribution in [0.2, 0.25) is 0 Å². The predicted octanol–water partition coefficient (Wildman–Crippen LogP) is 2.48. The topological polar surface area (TPSA) is 75.2 Å². The van der Waals surface area contributed by atoms with Gasteiger partial charge in [0, 0.05) is 6.61 Å². The van der Waals surface area contributed by atoms with Crippen LogP contribution in [0, 0.1) is 6.92 Å². The van der Waals surface area contributed by atoms with Gasteiger partial charge in [0.25, 0.3) is 5.56 Å². The van der Waals surface area contributed by atoms with Crippen LogP contribution in [0.5, 0.6) is 5.88 Å². The fraction of sp³-hybridized carbons (Fsp3) is 0.375. The largest absolute Gasteiger partial charge is 0.493 e. The Labute approximate surface area is 122 Å². The molecule has 0 aliphatic carbocycles. The first kappa shape index (κ1) is 13.8. The van der Waals surface area contributed by atoms with Crippen molar-refractivity contribution < 1.29 is 9.84 Å². The molecular formula is C16H18N2O3. The molecule has 1 atom stereocenters. The molecule has 1 aliphatic rings. The molecule has 1 unspecified atom stereocenters. The van der Waals surface area contributed by atoms with Crippen LogP contribution in [0.4, 0.5) is 0 Å². The van der Waals surface area contributed by atoms with E-state index in [4.69, 9.17) is 4.74 Å². The number of aromatic nitrogens is 2. The first-order valence-electron chi connectivity index (χ1n) is 7.04. The standard InChI is InChI=1S/C16H18N2O3/c1-10-5-3-6-11(9-10)12-13(19)17-15(18-14(12)20)16(2)7-4-8-21-16/h3,5-6,9H,4,7-8H2,1-2H3,(H2,17,18,19,20). The van der Waals surface area contributed by atoms with Crippen molar-refractivity contribution >= 4 is 0 Å². The summed E-state index contributed by atoms with van der Waals surface area (Å²) in [6.45, 7) is 4.45. The first-order chi connectivity index (χ1) is 9.99. The Balaban J connectivity index is 2.11. The number of aromatic amines is 1. The molecule has 1 aromatic heterocycles. The molecule has 5 heteroatoms. The minimum absolute atomic E-state index is 0.198. The van der Waals surface area contributed by atoms with Gasteiger partial charge in [0.05, 0.1) is 0 Å². The normalized spacial score (nSPS) is 21.6. The highest BCUT2D eigenvalue weighted by Crippen LogP contribution is 2.34. The van der Waals surface area contributed by atoms with E-state index in [1.54, 1.807) is 6.07 Å². The molecule has 1 fully saturated rings. The molecule has 21 heavy (non-hydrogen) atoms. The first-order valence-corrected chi connectivity index (χ1v) is 7.04. The number of hydrogen-bond acceptors (Lipinski definition) is 4. The SMILES string of the molecule is Cc1cccc(-c2c(O)nc(C3(C)CCCO3)[nH]c2=O)c1. The maximum atomic E-state index is 12.4. The van der Waals surface area contributed by atoms with Gasteiger partial charge in [-0.3, -0.25) is 4.79 Å². The molecule has 3 rings (SSSR count). The molecular weight excluding hydrogens is 268 g/mol. The van der Waals surface area contributed by atoms with Crippen LogP contribution < -0.4 is 5.56 Å². The molecule has 0 bridgehead atoms. The second-order valence-electron chi connectivity index (χ2n) is 5.67. The number of hydrogen-bond donors (Lipinski definition) is 2. The summed E-state index contributed by atoms with van der Waals surface area (Å²) in [7, 11) is 0. The quantitative estimate of drug-likeness (QED) is 0.889. The van der Waals surface area contributed by atoms with E-state index in [0.717, 1.165) is 18.4 Å². The summed E-state index contributed by atoms with van der Waals surface area (Å²) in [6.07, 6.45) is 1.69. The third kappa shape index (κ3) is 2.45. The van der Waals surface area contributed by atoms with Crippen molar-refractivity contribution in [1.29, 1.82) is 0 Å². The van der Waals surface area contributed by atoms with Gasteiger partial charge >= 0.3 is 0 Å². The molecule has 2 N–H and O–H groups in total. The van der Waals surface area contributed by atoms with Gasteiger partial charge < -0.3 is 14.8 Å². The van der Waals surface area contributed by atoms with Gasteiger partial charge in [0.2, 0.25) is 5.88 Å². The monoisotopic (exact) mass is 286 g/mol. The summed E-state index contributed by atoms with van der Waals surface area (Å²) in [5, 5.41) is 10.2. The third-order valence-corrected chi connectivity index (χ3v) is 3.93. The Bertz CT molecular complexity index is 731. The average Bonchev–Trinajstić information content (AvgIpc) is 2.86. The van der Waals surface area contributed by atoms with Crippen LogP contribution in [0.1, 0.15) is 31.2 Å². The highest BCUT2D eigenvalue weighted by atomic mass is 16.5. The molecule has 1 aliphatic heterocycles. The molecule has 1 aromatic carbocycles. The smallest absolute Gasteiger partial charge is 0.262 e. The summed E-state index contributed by atoms with van der Waals surface area (Å²) < 4.78 is 5.66. The fourth-order valence-corrected chi connectivity index (χ4v) is 2.74. The van der Waals surface area contributed by atoms with Crippen LogP contribution in [0.25, 0.3) is 11.1 Å². The zero-order valence-electron chi connectivity index (χ0n) is 12.1. The maximum Gasteiger partial charge on any atom is 0.262 e. The average molecular weight is 286 g/mol. The molecule has 0 radical (unpaired) electrons. The van der Waals surface area contributed by atoms with Gasteiger partial charge in [-0.2, -0.15) is 4.98 Å². The number of aryl methyl sites for hydroxylation is 1. The van der Waals surface area contributed by atoms with E-state index < -0.39 is 5.60 Å². The highest BCUT2D eigenvalue weighted by Gasteiger charge is 2.35. The number of nitrogens with zero attached hydrogens (tertiary/aromatic N) is 1. The van der Waals surface area contributed by atoms with Gasteiger partial charge in [-0.1, -0.05) is 29.8 Å². The van der Waals surface area contributed by atoms with E-state index >= 15 is 0 Å². The van der Waals surface area contributed by atoms with Crippen molar-refractivity contribution in [3.05, 3.63) is 46.0 Å². The molecule has 110 valence electrons. The van der Waals surface area contributed by atoms with E-state index in [1.807, 2.05) is 32.0 Å². The van der Waals surface area contributed by atoms with Gasteiger partial charge in [-0.15, -0.1) is 0 Å². The minimum Gasteiger partial charge on any atom is -0.493 e. The zero-order valence-corrected chi connectivity index (χ0v) is 12.1. The van der Waals surface area contributed by atoms with Gasteiger partial charge in [0.15, 0.2) is 0 Å². The Morgan fingerprint density at radius 3 is 2.86 bits per heavy atom. The lowest BCUT2D eigenvalue weighted by Crippen LogP contribution is -2.27. The van der Waals surface area contributed by atoms with Crippen LogP contribution in [0.3, 0.4) is 0 Å². The second kappa shape index (κ2) is 5.00. The van der Waals surface area contributed by atoms with E-state index in [1.165, 1.54) is 0 Å². The summed E-state index contributed by atoms with van der Waals surface area (Å²) in [5.74, 6) is 0.134. The van der Waals surface area contributed by atoms with Crippen molar-refractivity contribution in [3.8, 4) is 17.0 Å². The third-order valence-electron chi connectivity index (χ3n) is 3.93. The Kier molecular flexibility index (Phi) is 3.29. The summed E-state index contributed by atoms with van der Waals surface area (Å²) >= 11 is 0. The molecule has 0 amide bonds. The van der Waals surface area contributed by atoms with E-state index in [-0.39, 0.29) is 17.0 Å². The number of ether oxygens (including phenoxy) is 1. The summed E-state index contributed by atoms with van der Waals surface area (Å²) in [5.41, 5.74) is 0.900. The number of nitrogens with one attached hydrogen (secondary N) is 1. The van der Waals surface area contributed by atoms with Gasteiger partial charge in [-0.05, 0) is 32.3 Å². The molecule has 0 spiro atoms. The number of aromatic hydroxyl groups is 1. The Hall–Kier alpha value is -2.14. The van der Waals surface area contributed by atoms with Crippen LogP contribution in [-0.4, -0.2) is 21.7 Å². The zero-order chi connectivity index (χ0) is 15.0. The number of benzene rings is 1. The lowest BCUT2D eigenvalue weighted by molar-refractivity contribution is 0.00871.